The molecule has 0 saturated carbocycles. The zero-order chi connectivity index (χ0) is 25.2. The van der Waals surface area contributed by atoms with Gasteiger partial charge in [-0.1, -0.05) is 23.7 Å². The minimum atomic E-state index is -3.75. The summed E-state index contributed by atoms with van der Waals surface area (Å²) >= 11 is 9.26. The normalized spacial score (nSPS) is 14.6. The molecule has 1 N–H and O–H groups in total. The molecular formula is C24H24BrClF2N4O3. The Morgan fingerprint density at radius 3 is 2.60 bits per heavy atom. The van der Waals surface area contributed by atoms with Gasteiger partial charge in [0.2, 0.25) is 0 Å². The van der Waals surface area contributed by atoms with Gasteiger partial charge in [-0.25, -0.2) is 0 Å². The number of alkyl halides is 2. The van der Waals surface area contributed by atoms with Crippen LogP contribution in [0.4, 0.5) is 14.5 Å². The number of ether oxygens (including phenoxy) is 2. The maximum atomic E-state index is 14.8. The van der Waals surface area contributed by atoms with Gasteiger partial charge in [0.25, 0.3) is 5.91 Å². The third-order valence-corrected chi connectivity index (χ3v) is 6.63. The minimum Gasteiger partial charge on any atom is -0.492 e. The van der Waals surface area contributed by atoms with E-state index in [1.54, 1.807) is 37.2 Å². The Labute approximate surface area is 215 Å². The molecule has 3 aromatic rings. The van der Waals surface area contributed by atoms with Gasteiger partial charge in [-0.2, -0.15) is 13.9 Å². The van der Waals surface area contributed by atoms with E-state index in [0.29, 0.717) is 33.1 Å². The second-order valence-electron chi connectivity index (χ2n) is 8.18. The maximum Gasteiger partial charge on any atom is 0.350 e. The highest BCUT2D eigenvalue weighted by atomic mass is 79.9. The number of likely N-dealkylation sites (tertiary alicyclic amines) is 1. The zero-order valence-corrected chi connectivity index (χ0v) is 21.4. The largest absolute Gasteiger partial charge is 0.492 e. The van der Waals surface area contributed by atoms with Crippen LogP contribution in [0.15, 0.2) is 53.1 Å². The number of anilines is 1. The van der Waals surface area contributed by atoms with Crippen LogP contribution in [-0.4, -0.2) is 60.0 Å². The molecule has 1 aromatic heterocycles. The molecule has 186 valence electrons. The van der Waals surface area contributed by atoms with Gasteiger partial charge in [-0.3, -0.25) is 14.4 Å². The highest BCUT2D eigenvalue weighted by molar-refractivity contribution is 9.10. The summed E-state index contributed by atoms with van der Waals surface area (Å²) in [6.45, 7) is 2.86. The predicted molar refractivity (Wildman–Crippen MR) is 133 cm³/mol. The molecule has 4 rings (SSSR count). The van der Waals surface area contributed by atoms with Crippen LogP contribution >= 0.6 is 27.5 Å². The highest BCUT2D eigenvalue weighted by Crippen LogP contribution is 2.38. The second kappa shape index (κ2) is 10.6. The first-order valence-corrected chi connectivity index (χ1v) is 12.0. The summed E-state index contributed by atoms with van der Waals surface area (Å²) in [6.07, 6.45) is 1.88. The van der Waals surface area contributed by atoms with Crippen molar-refractivity contribution in [2.24, 2.45) is 7.05 Å². The molecule has 1 saturated heterocycles. The Morgan fingerprint density at radius 1 is 1.26 bits per heavy atom. The van der Waals surface area contributed by atoms with E-state index in [9.17, 15) is 13.6 Å². The summed E-state index contributed by atoms with van der Waals surface area (Å²) in [5.74, 6) is -4.65. The average molecular weight is 570 g/mol. The SMILES string of the molecule is COC1CN(CCOc2ccc(NC(=O)C(F)(F)c3ccc(Cl)cc3)cc2-c2c(Br)cnn2C)C1. The van der Waals surface area contributed by atoms with Crippen molar-refractivity contribution in [3.63, 3.8) is 0 Å². The first kappa shape index (κ1) is 25.6. The minimum absolute atomic E-state index is 0.199. The number of nitrogens with zero attached hydrogens (tertiary/aromatic N) is 3. The van der Waals surface area contributed by atoms with Crippen LogP contribution in [0.25, 0.3) is 11.3 Å². The number of carbonyl (C=O) groups is 1. The third kappa shape index (κ3) is 5.66. The number of hydrogen-bond donors (Lipinski definition) is 1. The Balaban J connectivity index is 1.54. The van der Waals surface area contributed by atoms with E-state index in [0.717, 1.165) is 31.8 Å². The summed E-state index contributed by atoms with van der Waals surface area (Å²) in [4.78, 5) is 14.7. The molecule has 2 aromatic carbocycles. The number of aryl methyl sites for hydroxylation is 1. The lowest BCUT2D eigenvalue weighted by Crippen LogP contribution is -2.52. The van der Waals surface area contributed by atoms with Gasteiger partial charge in [0.05, 0.1) is 22.5 Å². The van der Waals surface area contributed by atoms with Crippen LogP contribution in [0, 0.1) is 0 Å². The van der Waals surface area contributed by atoms with Crippen molar-refractivity contribution >= 4 is 39.1 Å². The van der Waals surface area contributed by atoms with Gasteiger partial charge in [0, 0.05) is 55.6 Å². The van der Waals surface area contributed by atoms with Gasteiger partial charge < -0.3 is 14.8 Å². The molecule has 1 aliphatic heterocycles. The first-order chi connectivity index (χ1) is 16.7. The van der Waals surface area contributed by atoms with E-state index >= 15 is 0 Å². The van der Waals surface area contributed by atoms with Crippen LogP contribution in [0.1, 0.15) is 5.56 Å². The zero-order valence-electron chi connectivity index (χ0n) is 19.1. The molecule has 2 heterocycles. The van der Waals surface area contributed by atoms with Gasteiger partial charge in [-0.05, 0) is 46.3 Å². The molecule has 1 fully saturated rings. The van der Waals surface area contributed by atoms with Crippen molar-refractivity contribution in [1.82, 2.24) is 14.7 Å². The number of carbonyl (C=O) groups excluding carboxylic acids is 1. The van der Waals surface area contributed by atoms with Gasteiger partial charge >= 0.3 is 5.92 Å². The van der Waals surface area contributed by atoms with Crippen LogP contribution in [0.3, 0.4) is 0 Å². The van der Waals surface area contributed by atoms with Crippen molar-refractivity contribution in [2.45, 2.75) is 12.0 Å². The summed E-state index contributed by atoms with van der Waals surface area (Å²) in [6, 6.07) is 9.67. The fourth-order valence-corrected chi connectivity index (χ4v) is 4.46. The molecule has 1 aliphatic rings. The Bertz CT molecular complexity index is 1180. The third-order valence-electron chi connectivity index (χ3n) is 5.80. The monoisotopic (exact) mass is 568 g/mol. The fourth-order valence-electron chi connectivity index (χ4n) is 3.77. The molecule has 0 bridgehead atoms. The van der Waals surface area contributed by atoms with E-state index in [4.69, 9.17) is 21.1 Å². The van der Waals surface area contributed by atoms with Crippen molar-refractivity contribution < 1.29 is 23.0 Å². The lowest BCUT2D eigenvalue weighted by molar-refractivity contribution is -0.140. The molecule has 7 nitrogen and oxygen atoms in total. The molecule has 0 radical (unpaired) electrons. The highest BCUT2D eigenvalue weighted by Gasteiger charge is 2.41. The maximum absolute atomic E-state index is 14.8. The van der Waals surface area contributed by atoms with E-state index in [2.05, 4.69) is 31.2 Å². The number of aromatic nitrogens is 2. The lowest BCUT2D eigenvalue weighted by atomic mass is 10.1. The summed E-state index contributed by atoms with van der Waals surface area (Å²) in [5.41, 5.74) is 1.03. The van der Waals surface area contributed by atoms with Gasteiger partial charge in [0.15, 0.2) is 0 Å². The molecule has 35 heavy (non-hydrogen) atoms. The van der Waals surface area contributed by atoms with Gasteiger partial charge in [0.1, 0.15) is 12.4 Å². The summed E-state index contributed by atoms with van der Waals surface area (Å²) in [5, 5.41) is 6.86. The van der Waals surface area contributed by atoms with E-state index < -0.39 is 17.4 Å². The number of rotatable bonds is 9. The molecule has 0 spiro atoms. The molecular weight excluding hydrogens is 546 g/mol. The second-order valence-corrected chi connectivity index (χ2v) is 9.47. The number of nitrogens with one attached hydrogen (secondary N) is 1. The van der Waals surface area contributed by atoms with Crippen molar-refractivity contribution in [2.75, 3.05) is 38.7 Å². The standard InChI is InChI=1S/C24H24BrClF2N4O3/c1-31-22(20(25)12-29-31)19-11-17(7-8-21(19)35-10-9-32-13-18(14-32)34-2)30-23(33)24(27,28)15-3-5-16(26)6-4-15/h3-8,11-12,18H,9-10,13-14H2,1-2H3,(H,30,33). The van der Waals surface area contributed by atoms with E-state index in [1.165, 1.54) is 18.2 Å². The number of amides is 1. The van der Waals surface area contributed by atoms with Crippen LogP contribution in [-0.2, 0) is 22.5 Å². The topological polar surface area (TPSA) is 68.6 Å². The smallest absolute Gasteiger partial charge is 0.350 e. The number of benzene rings is 2. The van der Waals surface area contributed by atoms with Crippen molar-refractivity contribution in [3.8, 4) is 17.0 Å². The molecule has 11 heteroatoms. The predicted octanol–water partition coefficient (Wildman–Crippen LogP) is 4.94. The molecule has 1 amide bonds. The quantitative estimate of drug-likeness (QED) is 0.395. The van der Waals surface area contributed by atoms with Crippen LogP contribution < -0.4 is 10.1 Å². The lowest BCUT2D eigenvalue weighted by Gasteiger charge is -2.37. The Hall–Kier alpha value is -2.53. The Morgan fingerprint density at radius 2 is 1.97 bits per heavy atom. The van der Waals surface area contributed by atoms with Crippen molar-refractivity contribution in [3.05, 3.63) is 63.7 Å². The summed E-state index contributed by atoms with van der Waals surface area (Å²) < 4.78 is 43.2. The average Bonchev–Trinajstić information content (AvgIpc) is 3.14. The molecule has 0 aliphatic carbocycles. The van der Waals surface area contributed by atoms with E-state index in [-0.39, 0.29) is 11.8 Å². The number of hydrogen-bond acceptors (Lipinski definition) is 5. The molecule has 0 unspecified atom stereocenters. The van der Waals surface area contributed by atoms with E-state index in [1.807, 2.05) is 0 Å². The van der Waals surface area contributed by atoms with Crippen LogP contribution in [0.5, 0.6) is 5.75 Å². The fraction of sp³-hybridized carbons (Fsp3) is 0.333. The van der Waals surface area contributed by atoms with Crippen molar-refractivity contribution in [1.29, 1.82) is 0 Å². The first-order valence-electron chi connectivity index (χ1n) is 10.8. The van der Waals surface area contributed by atoms with Gasteiger partial charge in [-0.15, -0.1) is 0 Å². The molecule has 0 atom stereocenters. The Kier molecular flexibility index (Phi) is 7.75. The summed E-state index contributed by atoms with van der Waals surface area (Å²) in [7, 11) is 3.46. The number of halogens is 4. The number of methoxy groups -OCH3 is 1. The van der Waals surface area contributed by atoms with Crippen LogP contribution in [0.2, 0.25) is 5.02 Å².